The fraction of sp³-hybridized carbons (Fsp3) is 0.345. The molecule has 2 aromatic rings. The van der Waals surface area contributed by atoms with Crippen molar-refractivity contribution in [3.8, 4) is 11.1 Å². The van der Waals surface area contributed by atoms with Crippen LogP contribution in [0, 0.1) is 0 Å². The molecular formula is C29H37N3O. The van der Waals surface area contributed by atoms with E-state index in [1.165, 1.54) is 19.3 Å². The van der Waals surface area contributed by atoms with Gasteiger partial charge in [0.25, 0.3) is 5.91 Å². The highest BCUT2D eigenvalue weighted by Gasteiger charge is 2.18. The Hall–Kier alpha value is -3.11. The van der Waals surface area contributed by atoms with Gasteiger partial charge in [-0.25, -0.2) is 0 Å². The number of carbonyl (C=O) groups excluding carboxylic acids is 1. The zero-order valence-electron chi connectivity index (χ0n) is 20.3. The van der Waals surface area contributed by atoms with Gasteiger partial charge in [0.2, 0.25) is 0 Å². The van der Waals surface area contributed by atoms with Crippen LogP contribution >= 0.6 is 0 Å². The lowest BCUT2D eigenvalue weighted by Gasteiger charge is -2.31. The third kappa shape index (κ3) is 6.93. The number of piperidine rings is 1. The second kappa shape index (κ2) is 12.2. The number of hydrogen-bond acceptors (Lipinski definition) is 3. The first kappa shape index (κ1) is 24.5. The number of nitrogens with zero attached hydrogens (tertiary/aromatic N) is 2. The Morgan fingerprint density at radius 2 is 1.70 bits per heavy atom. The highest BCUT2D eigenvalue weighted by molar-refractivity contribution is 5.99. The number of benzene rings is 2. The molecule has 1 aliphatic heterocycles. The van der Waals surface area contributed by atoms with E-state index < -0.39 is 0 Å². The van der Waals surface area contributed by atoms with Crippen LogP contribution in [0.1, 0.15) is 40.0 Å². The summed E-state index contributed by atoms with van der Waals surface area (Å²) in [5.41, 5.74) is 5.58. The van der Waals surface area contributed by atoms with Crippen LogP contribution in [0.4, 0.5) is 5.69 Å². The van der Waals surface area contributed by atoms with E-state index in [0.29, 0.717) is 5.57 Å². The van der Waals surface area contributed by atoms with Crippen molar-refractivity contribution in [2.24, 2.45) is 0 Å². The summed E-state index contributed by atoms with van der Waals surface area (Å²) in [6.45, 7) is 13.9. The van der Waals surface area contributed by atoms with E-state index in [4.69, 9.17) is 0 Å². The third-order valence-electron chi connectivity index (χ3n) is 6.14. The van der Waals surface area contributed by atoms with Crippen molar-refractivity contribution in [3.63, 3.8) is 0 Å². The van der Waals surface area contributed by atoms with Crippen molar-refractivity contribution in [1.29, 1.82) is 0 Å². The molecule has 33 heavy (non-hydrogen) atoms. The molecule has 3 rings (SSSR count). The molecule has 0 spiro atoms. The molecule has 4 nitrogen and oxygen atoms in total. The van der Waals surface area contributed by atoms with Crippen LogP contribution in [0.5, 0.6) is 0 Å². The molecule has 2 aromatic carbocycles. The van der Waals surface area contributed by atoms with Crippen molar-refractivity contribution in [3.05, 3.63) is 90.3 Å². The normalized spacial score (nSPS) is 15.2. The minimum Gasteiger partial charge on any atom is -0.345 e. The van der Waals surface area contributed by atoms with Crippen molar-refractivity contribution in [2.45, 2.75) is 40.0 Å². The quantitative estimate of drug-likeness (QED) is 0.373. The first-order valence-corrected chi connectivity index (χ1v) is 11.9. The van der Waals surface area contributed by atoms with Gasteiger partial charge >= 0.3 is 0 Å². The molecule has 174 valence electrons. The van der Waals surface area contributed by atoms with Crippen LogP contribution in [0.2, 0.25) is 0 Å². The summed E-state index contributed by atoms with van der Waals surface area (Å²) in [7, 11) is 0. The number of hydrogen-bond donors (Lipinski definition) is 1. The van der Waals surface area contributed by atoms with Crippen LogP contribution in [-0.4, -0.2) is 37.0 Å². The first-order chi connectivity index (χ1) is 16.0. The van der Waals surface area contributed by atoms with E-state index in [1.54, 1.807) is 0 Å². The lowest BCUT2D eigenvalue weighted by atomic mass is 10.0. The Labute approximate surface area is 199 Å². The summed E-state index contributed by atoms with van der Waals surface area (Å²) in [6, 6.07) is 18.8. The van der Waals surface area contributed by atoms with Crippen LogP contribution in [0.3, 0.4) is 0 Å². The molecule has 0 radical (unpaired) electrons. The summed E-state index contributed by atoms with van der Waals surface area (Å²) in [4.78, 5) is 17.8. The maximum Gasteiger partial charge on any atom is 0.257 e. The number of para-hydroxylation sites is 1. The highest BCUT2D eigenvalue weighted by atomic mass is 16.1. The van der Waals surface area contributed by atoms with Gasteiger partial charge in [-0.05, 0) is 63.9 Å². The zero-order chi connectivity index (χ0) is 23.6. The Balaban J connectivity index is 2.00. The van der Waals surface area contributed by atoms with Gasteiger partial charge in [0.05, 0.1) is 5.57 Å². The van der Waals surface area contributed by atoms with Crippen molar-refractivity contribution in [1.82, 2.24) is 10.2 Å². The number of anilines is 1. The van der Waals surface area contributed by atoms with Gasteiger partial charge in [-0.3, -0.25) is 4.79 Å². The smallest absolute Gasteiger partial charge is 0.257 e. The average molecular weight is 444 g/mol. The van der Waals surface area contributed by atoms with E-state index in [2.05, 4.69) is 70.2 Å². The maximum atomic E-state index is 13.1. The van der Waals surface area contributed by atoms with Gasteiger partial charge in [-0.2, -0.15) is 0 Å². The number of likely N-dealkylation sites (tertiary alicyclic amines) is 1. The lowest BCUT2D eigenvalue weighted by Crippen LogP contribution is -2.37. The van der Waals surface area contributed by atoms with E-state index in [-0.39, 0.29) is 5.91 Å². The minimum absolute atomic E-state index is 0.127. The zero-order valence-corrected chi connectivity index (χ0v) is 20.3. The first-order valence-electron chi connectivity index (χ1n) is 11.9. The molecule has 1 heterocycles. The molecule has 1 fully saturated rings. The summed E-state index contributed by atoms with van der Waals surface area (Å²) in [6.07, 6.45) is 7.72. The Morgan fingerprint density at radius 1 is 1.03 bits per heavy atom. The average Bonchev–Trinajstić information content (AvgIpc) is 2.85. The predicted molar refractivity (Wildman–Crippen MR) is 140 cm³/mol. The predicted octanol–water partition coefficient (Wildman–Crippen LogP) is 6.15. The summed E-state index contributed by atoms with van der Waals surface area (Å²) >= 11 is 0. The highest BCUT2D eigenvalue weighted by Crippen LogP contribution is 2.31. The fourth-order valence-electron chi connectivity index (χ4n) is 4.11. The van der Waals surface area contributed by atoms with Crippen LogP contribution < -0.4 is 10.2 Å². The lowest BCUT2D eigenvalue weighted by molar-refractivity contribution is -0.116. The van der Waals surface area contributed by atoms with Gasteiger partial charge in [-0.1, -0.05) is 67.6 Å². The summed E-state index contributed by atoms with van der Waals surface area (Å²) < 4.78 is 0. The van der Waals surface area contributed by atoms with E-state index >= 15 is 0 Å². The molecule has 1 saturated heterocycles. The van der Waals surface area contributed by atoms with Crippen molar-refractivity contribution >= 4 is 11.6 Å². The monoisotopic (exact) mass is 443 g/mol. The van der Waals surface area contributed by atoms with Crippen molar-refractivity contribution < 1.29 is 4.79 Å². The number of allylic oxidation sites excluding steroid dienone is 2. The number of nitrogens with one attached hydrogen (secondary N) is 1. The van der Waals surface area contributed by atoms with Gasteiger partial charge in [0.1, 0.15) is 0 Å². The largest absolute Gasteiger partial charge is 0.345 e. The van der Waals surface area contributed by atoms with Crippen LogP contribution in [-0.2, 0) is 4.79 Å². The summed E-state index contributed by atoms with van der Waals surface area (Å²) in [5.74, 6) is -0.127. The Morgan fingerprint density at radius 3 is 2.36 bits per heavy atom. The second-order valence-electron chi connectivity index (χ2n) is 8.73. The molecule has 0 aliphatic carbocycles. The molecule has 1 N–H and O–H groups in total. The van der Waals surface area contributed by atoms with E-state index in [1.807, 2.05) is 39.1 Å². The molecule has 0 saturated carbocycles. The SMILES string of the molecule is C=C(C)/C(=C\N(CCN1CCCCC1)c1ccccc1-c1ccccc1)C(=O)N/C(C)=C/C. The standard InChI is InChI=1S/C29H37N3O/c1-5-24(4)30-29(33)27(23(2)3)22-32(21-20-31-18-12-7-13-19-31)28-17-11-10-16-26(28)25-14-8-6-9-15-25/h5-6,8-11,14-17,22H,2,7,12-13,18-21H2,1,3-4H3,(H,30,33)/b24-5+,27-22+. The third-order valence-corrected chi connectivity index (χ3v) is 6.14. The molecule has 0 aromatic heterocycles. The van der Waals surface area contributed by atoms with Gasteiger partial charge in [-0.15, -0.1) is 0 Å². The van der Waals surface area contributed by atoms with Crippen LogP contribution in [0.25, 0.3) is 11.1 Å². The number of rotatable bonds is 9. The van der Waals surface area contributed by atoms with Gasteiger partial charge < -0.3 is 15.1 Å². The fourth-order valence-corrected chi connectivity index (χ4v) is 4.11. The van der Waals surface area contributed by atoms with Gasteiger partial charge in [0, 0.05) is 36.2 Å². The molecule has 0 unspecified atom stereocenters. The van der Waals surface area contributed by atoms with Crippen LogP contribution in [0.15, 0.2) is 90.3 Å². The second-order valence-corrected chi connectivity index (χ2v) is 8.73. The molecule has 0 atom stereocenters. The Kier molecular flexibility index (Phi) is 9.08. The minimum atomic E-state index is -0.127. The number of carbonyl (C=O) groups is 1. The molecular weight excluding hydrogens is 406 g/mol. The molecule has 4 heteroatoms. The van der Waals surface area contributed by atoms with E-state index in [9.17, 15) is 4.79 Å². The molecule has 1 aliphatic rings. The topological polar surface area (TPSA) is 35.6 Å². The molecule has 0 bridgehead atoms. The molecule has 1 amide bonds. The van der Waals surface area contributed by atoms with Crippen molar-refractivity contribution in [2.75, 3.05) is 31.1 Å². The maximum absolute atomic E-state index is 13.1. The van der Waals surface area contributed by atoms with E-state index in [0.717, 1.165) is 54.3 Å². The Bertz CT molecular complexity index is 1000. The van der Waals surface area contributed by atoms with Gasteiger partial charge in [0.15, 0.2) is 0 Å². The number of amides is 1. The summed E-state index contributed by atoms with van der Waals surface area (Å²) in [5, 5.41) is 2.98.